The van der Waals surface area contributed by atoms with Gasteiger partial charge < -0.3 is 15.5 Å². The predicted octanol–water partition coefficient (Wildman–Crippen LogP) is 1.04. The lowest BCUT2D eigenvalue weighted by Gasteiger charge is -2.20. The second kappa shape index (κ2) is 6.29. The van der Waals surface area contributed by atoms with E-state index in [2.05, 4.69) is 39.6 Å². The lowest BCUT2D eigenvalue weighted by Crippen LogP contribution is -2.32. The van der Waals surface area contributed by atoms with Crippen LogP contribution in [-0.4, -0.2) is 53.7 Å². The number of hydrogen-bond acceptors (Lipinski definition) is 6. The fourth-order valence-corrected chi connectivity index (χ4v) is 2.84. The van der Waals surface area contributed by atoms with Gasteiger partial charge in [0.25, 0.3) is 5.91 Å². The zero-order valence-corrected chi connectivity index (χ0v) is 12.5. The van der Waals surface area contributed by atoms with E-state index in [1.165, 1.54) is 11.3 Å². The molecular formula is C12H21N5OS. The molecule has 0 spiro atoms. The first kappa shape index (κ1) is 14.2. The van der Waals surface area contributed by atoms with E-state index in [0.717, 1.165) is 26.1 Å². The molecular weight excluding hydrogens is 262 g/mol. The second-order valence-electron chi connectivity index (χ2n) is 5.12. The summed E-state index contributed by atoms with van der Waals surface area (Å²) in [6.07, 6.45) is 1.15. The monoisotopic (exact) mass is 283 g/mol. The van der Waals surface area contributed by atoms with Crippen molar-refractivity contribution in [1.82, 2.24) is 20.4 Å². The minimum atomic E-state index is -0.123. The number of aromatic nitrogens is 2. The number of rotatable bonds is 5. The standard InChI is InChI=1S/C12H21N5OS/c1-8(2)17-5-4-9(7-17)6-14-10(18)11-15-16-12(13-3)19-11/h8-9H,4-7H2,1-3H3,(H,13,16)(H,14,18). The molecule has 2 heterocycles. The minimum Gasteiger partial charge on any atom is -0.363 e. The van der Waals surface area contributed by atoms with Gasteiger partial charge in [0, 0.05) is 26.2 Å². The van der Waals surface area contributed by atoms with Crippen LogP contribution in [-0.2, 0) is 0 Å². The molecule has 1 fully saturated rings. The number of nitrogens with one attached hydrogen (secondary N) is 2. The van der Waals surface area contributed by atoms with Crippen molar-refractivity contribution in [1.29, 1.82) is 0 Å². The fraction of sp³-hybridized carbons (Fsp3) is 0.750. The van der Waals surface area contributed by atoms with Crippen LogP contribution in [0, 0.1) is 5.92 Å². The number of hydrogen-bond donors (Lipinski definition) is 2. The lowest BCUT2D eigenvalue weighted by atomic mass is 10.1. The number of likely N-dealkylation sites (tertiary alicyclic amines) is 1. The van der Waals surface area contributed by atoms with E-state index < -0.39 is 0 Å². The van der Waals surface area contributed by atoms with E-state index in [9.17, 15) is 4.79 Å². The maximum absolute atomic E-state index is 11.9. The fourth-order valence-electron chi connectivity index (χ4n) is 2.23. The molecule has 6 nitrogen and oxygen atoms in total. The molecule has 1 amide bonds. The van der Waals surface area contributed by atoms with E-state index in [-0.39, 0.29) is 5.91 Å². The van der Waals surface area contributed by atoms with Crippen molar-refractivity contribution in [2.75, 3.05) is 32.0 Å². The summed E-state index contributed by atoms with van der Waals surface area (Å²) in [4.78, 5) is 14.3. The highest BCUT2D eigenvalue weighted by molar-refractivity contribution is 7.17. The topological polar surface area (TPSA) is 70.1 Å². The molecule has 19 heavy (non-hydrogen) atoms. The third kappa shape index (κ3) is 3.63. The summed E-state index contributed by atoms with van der Waals surface area (Å²) in [5, 5.41) is 14.6. The van der Waals surface area contributed by atoms with Crippen LogP contribution in [0.1, 0.15) is 30.1 Å². The molecule has 0 aliphatic carbocycles. The molecule has 0 radical (unpaired) electrons. The van der Waals surface area contributed by atoms with Gasteiger partial charge in [0.2, 0.25) is 10.1 Å². The SMILES string of the molecule is CNc1nnc(C(=O)NCC2CCN(C(C)C)C2)s1. The number of amides is 1. The van der Waals surface area contributed by atoms with E-state index in [4.69, 9.17) is 0 Å². The average molecular weight is 283 g/mol. The van der Waals surface area contributed by atoms with Crippen LogP contribution in [0.5, 0.6) is 0 Å². The molecule has 1 aliphatic heterocycles. The van der Waals surface area contributed by atoms with E-state index in [1.807, 2.05) is 0 Å². The third-order valence-electron chi connectivity index (χ3n) is 3.43. The van der Waals surface area contributed by atoms with Crippen LogP contribution < -0.4 is 10.6 Å². The average Bonchev–Trinajstić information content (AvgIpc) is 3.04. The highest BCUT2D eigenvalue weighted by atomic mass is 32.1. The van der Waals surface area contributed by atoms with Crippen LogP contribution in [0.2, 0.25) is 0 Å². The van der Waals surface area contributed by atoms with Gasteiger partial charge in [-0.15, -0.1) is 10.2 Å². The summed E-state index contributed by atoms with van der Waals surface area (Å²) in [5.41, 5.74) is 0. The molecule has 0 saturated carbocycles. The summed E-state index contributed by atoms with van der Waals surface area (Å²) >= 11 is 1.27. The summed E-state index contributed by atoms with van der Waals surface area (Å²) in [6.45, 7) is 7.33. The van der Waals surface area contributed by atoms with Crippen LogP contribution in [0.25, 0.3) is 0 Å². The molecule has 2 N–H and O–H groups in total. The van der Waals surface area contributed by atoms with Crippen molar-refractivity contribution in [3.05, 3.63) is 5.01 Å². The van der Waals surface area contributed by atoms with Crippen molar-refractivity contribution in [3.8, 4) is 0 Å². The maximum atomic E-state index is 11.9. The number of carbonyl (C=O) groups excluding carboxylic acids is 1. The molecule has 7 heteroatoms. The molecule has 1 aliphatic rings. The Morgan fingerprint density at radius 2 is 2.32 bits per heavy atom. The maximum Gasteiger partial charge on any atom is 0.282 e. The van der Waals surface area contributed by atoms with E-state index >= 15 is 0 Å². The summed E-state index contributed by atoms with van der Waals surface area (Å²) < 4.78 is 0. The van der Waals surface area contributed by atoms with Gasteiger partial charge in [-0.05, 0) is 32.7 Å². The molecule has 106 valence electrons. The predicted molar refractivity (Wildman–Crippen MR) is 76.6 cm³/mol. The van der Waals surface area contributed by atoms with Gasteiger partial charge in [-0.3, -0.25) is 4.79 Å². The second-order valence-corrected chi connectivity index (χ2v) is 6.09. The quantitative estimate of drug-likeness (QED) is 0.845. The van der Waals surface area contributed by atoms with Crippen molar-refractivity contribution in [2.24, 2.45) is 5.92 Å². The normalized spacial score (nSPS) is 19.9. The highest BCUT2D eigenvalue weighted by Gasteiger charge is 2.24. The van der Waals surface area contributed by atoms with Crippen LogP contribution in [0.15, 0.2) is 0 Å². The van der Waals surface area contributed by atoms with Gasteiger partial charge in [-0.1, -0.05) is 11.3 Å². The largest absolute Gasteiger partial charge is 0.363 e. The van der Waals surface area contributed by atoms with Crippen LogP contribution >= 0.6 is 11.3 Å². The van der Waals surface area contributed by atoms with Crippen molar-refractivity contribution in [3.63, 3.8) is 0 Å². The Labute approximate surface area is 117 Å². The smallest absolute Gasteiger partial charge is 0.282 e. The number of nitrogens with zero attached hydrogens (tertiary/aromatic N) is 3. The van der Waals surface area contributed by atoms with Crippen LogP contribution in [0.4, 0.5) is 5.13 Å². The Morgan fingerprint density at radius 3 is 2.89 bits per heavy atom. The highest BCUT2D eigenvalue weighted by Crippen LogP contribution is 2.18. The summed E-state index contributed by atoms with van der Waals surface area (Å²) in [7, 11) is 1.77. The van der Waals surface area contributed by atoms with Crippen molar-refractivity contribution in [2.45, 2.75) is 26.3 Å². The van der Waals surface area contributed by atoms with Crippen molar-refractivity contribution < 1.29 is 4.79 Å². The molecule has 1 aromatic rings. The molecule has 2 rings (SSSR count). The molecule has 1 saturated heterocycles. The Bertz CT molecular complexity index is 434. The Hall–Kier alpha value is -1.21. The number of carbonyl (C=O) groups is 1. The lowest BCUT2D eigenvalue weighted by molar-refractivity contribution is 0.0946. The van der Waals surface area contributed by atoms with Gasteiger partial charge >= 0.3 is 0 Å². The first-order valence-corrected chi connectivity index (χ1v) is 7.45. The molecule has 1 aromatic heterocycles. The zero-order valence-electron chi connectivity index (χ0n) is 11.6. The van der Waals surface area contributed by atoms with Gasteiger partial charge in [0.1, 0.15) is 0 Å². The molecule has 0 bridgehead atoms. The Kier molecular flexibility index (Phi) is 4.71. The van der Waals surface area contributed by atoms with E-state index in [1.54, 1.807) is 7.05 Å². The van der Waals surface area contributed by atoms with Gasteiger partial charge in [-0.2, -0.15) is 0 Å². The zero-order chi connectivity index (χ0) is 13.8. The van der Waals surface area contributed by atoms with Crippen molar-refractivity contribution >= 4 is 22.4 Å². The summed E-state index contributed by atoms with van der Waals surface area (Å²) in [5.74, 6) is 0.421. The van der Waals surface area contributed by atoms with Gasteiger partial charge in [0.15, 0.2) is 0 Å². The van der Waals surface area contributed by atoms with Gasteiger partial charge in [-0.25, -0.2) is 0 Å². The van der Waals surface area contributed by atoms with Crippen LogP contribution in [0.3, 0.4) is 0 Å². The Balaban J connectivity index is 1.78. The van der Waals surface area contributed by atoms with E-state index in [0.29, 0.717) is 22.1 Å². The third-order valence-corrected chi connectivity index (χ3v) is 4.37. The first-order chi connectivity index (χ1) is 9.10. The summed E-state index contributed by atoms with van der Waals surface area (Å²) in [6, 6.07) is 0.585. The first-order valence-electron chi connectivity index (χ1n) is 6.63. The van der Waals surface area contributed by atoms with Gasteiger partial charge in [0.05, 0.1) is 0 Å². The molecule has 1 atom stereocenters. The Morgan fingerprint density at radius 1 is 1.53 bits per heavy atom. The number of anilines is 1. The molecule has 1 unspecified atom stereocenters. The molecule has 0 aromatic carbocycles. The minimum absolute atomic E-state index is 0.123.